The lowest BCUT2D eigenvalue weighted by atomic mass is 10.0. The molecule has 0 radical (unpaired) electrons. The van der Waals surface area contributed by atoms with E-state index in [1.807, 2.05) is 5.32 Å². The van der Waals surface area contributed by atoms with Gasteiger partial charge in [-0.2, -0.15) is 0 Å². The summed E-state index contributed by atoms with van der Waals surface area (Å²) in [5.41, 5.74) is 11.1. The van der Waals surface area contributed by atoms with Crippen LogP contribution in [0.25, 0.3) is 0 Å². The molecule has 14 nitrogen and oxygen atoms in total. The van der Waals surface area contributed by atoms with Crippen LogP contribution >= 0.6 is 0 Å². The predicted octanol–water partition coefficient (Wildman–Crippen LogP) is -3.17. The van der Waals surface area contributed by atoms with Gasteiger partial charge < -0.3 is 42.7 Å². The number of amides is 4. The summed E-state index contributed by atoms with van der Waals surface area (Å²) in [4.78, 5) is 71.1. The number of rotatable bonds is 14. The highest BCUT2D eigenvalue weighted by Crippen LogP contribution is 2.06. The Hall–Kier alpha value is -4.04. The lowest BCUT2D eigenvalue weighted by molar-refractivity contribution is -0.144. The number of nitrogens with one attached hydrogen (secondary N) is 3. The highest BCUT2D eigenvalue weighted by Gasteiger charge is 2.33. The largest absolute Gasteiger partial charge is 0.481 e. The number of benzene rings is 1. The van der Waals surface area contributed by atoms with Crippen LogP contribution in [0.2, 0.25) is 0 Å². The van der Waals surface area contributed by atoms with E-state index in [9.17, 15) is 33.9 Å². The Balaban J connectivity index is 3.08. The highest BCUT2D eigenvalue weighted by molar-refractivity contribution is 5.95. The van der Waals surface area contributed by atoms with Crippen molar-refractivity contribution >= 4 is 35.6 Å². The number of aliphatic hydroxyl groups is 1. The van der Waals surface area contributed by atoms with Crippen LogP contribution in [0.1, 0.15) is 25.3 Å². The average Bonchev–Trinajstić information content (AvgIpc) is 2.75. The number of carbonyl (C=O) groups is 6. The fourth-order valence-electron chi connectivity index (χ4n) is 2.94. The van der Waals surface area contributed by atoms with Crippen molar-refractivity contribution < 1.29 is 44.1 Å². The maximum absolute atomic E-state index is 13.0. The molecule has 0 aliphatic rings. The zero-order chi connectivity index (χ0) is 26.7. The van der Waals surface area contributed by atoms with Crippen LogP contribution in [0.5, 0.6) is 0 Å². The zero-order valence-electron chi connectivity index (χ0n) is 18.8. The van der Waals surface area contributed by atoms with Gasteiger partial charge in [0, 0.05) is 6.42 Å². The number of aliphatic hydroxyl groups excluding tert-OH is 1. The molecule has 1 aromatic rings. The Morgan fingerprint density at radius 3 is 1.91 bits per heavy atom. The SMILES string of the molecule is CC(O)C(NC(=O)C(Cc1ccccc1)NC(=O)C(N)CC(=O)O)C(=O)NC(CC(N)=O)C(=O)O. The molecule has 4 amide bonds. The van der Waals surface area contributed by atoms with E-state index >= 15 is 0 Å². The van der Waals surface area contributed by atoms with Gasteiger partial charge in [0.2, 0.25) is 23.6 Å². The average molecular weight is 495 g/mol. The maximum Gasteiger partial charge on any atom is 0.326 e. The van der Waals surface area contributed by atoms with Crippen LogP contribution in [-0.2, 0) is 35.2 Å². The quantitative estimate of drug-likeness (QED) is 0.128. The third kappa shape index (κ3) is 10.2. The second-order valence-corrected chi connectivity index (χ2v) is 7.75. The van der Waals surface area contributed by atoms with Gasteiger partial charge >= 0.3 is 11.9 Å². The van der Waals surface area contributed by atoms with Crippen molar-refractivity contribution in [3.63, 3.8) is 0 Å². The molecular weight excluding hydrogens is 466 g/mol. The summed E-state index contributed by atoms with van der Waals surface area (Å²) in [6.07, 6.45) is -3.01. The summed E-state index contributed by atoms with van der Waals surface area (Å²) in [5.74, 6) is -6.88. The number of carboxylic acid groups (broad SMARTS) is 2. The molecular formula is C21H29N5O9. The van der Waals surface area contributed by atoms with Gasteiger partial charge in [-0.1, -0.05) is 30.3 Å². The minimum absolute atomic E-state index is 0.0776. The van der Waals surface area contributed by atoms with Crippen molar-refractivity contribution in [2.24, 2.45) is 11.5 Å². The molecule has 0 fully saturated rings. The van der Waals surface area contributed by atoms with E-state index in [0.29, 0.717) is 5.56 Å². The smallest absolute Gasteiger partial charge is 0.326 e. The normalized spacial score (nSPS) is 14.9. The molecule has 0 saturated carbocycles. The van der Waals surface area contributed by atoms with Crippen LogP contribution in [0.4, 0.5) is 0 Å². The molecule has 0 aliphatic carbocycles. The Morgan fingerprint density at radius 1 is 0.857 bits per heavy atom. The molecule has 14 heteroatoms. The second kappa shape index (κ2) is 13.6. The summed E-state index contributed by atoms with van der Waals surface area (Å²) in [6.45, 7) is 1.15. The first kappa shape index (κ1) is 29.0. The number of primary amides is 1. The first-order valence-corrected chi connectivity index (χ1v) is 10.4. The Kier molecular flexibility index (Phi) is 11.3. The van der Waals surface area contributed by atoms with Crippen LogP contribution < -0.4 is 27.4 Å². The minimum atomic E-state index is -1.70. The maximum atomic E-state index is 13.0. The molecule has 1 rings (SSSR count). The highest BCUT2D eigenvalue weighted by atomic mass is 16.4. The third-order valence-corrected chi connectivity index (χ3v) is 4.73. The number of carboxylic acids is 2. The van der Waals surface area contributed by atoms with Crippen molar-refractivity contribution in [2.45, 2.75) is 56.5 Å². The molecule has 0 bridgehead atoms. The standard InChI is InChI=1S/C21H29N5O9/c1-10(27)17(20(33)25-14(21(34)35)9-15(23)28)26-19(32)13(7-11-5-3-2-4-6-11)24-18(31)12(22)8-16(29)30/h2-6,10,12-14,17,27H,7-9,22H2,1H3,(H2,23,28)(H,24,31)(H,25,33)(H,26,32)(H,29,30)(H,34,35). The molecule has 35 heavy (non-hydrogen) atoms. The van der Waals surface area contributed by atoms with E-state index in [1.54, 1.807) is 30.3 Å². The second-order valence-electron chi connectivity index (χ2n) is 7.75. The molecule has 0 heterocycles. The van der Waals surface area contributed by atoms with Gasteiger partial charge in [0.05, 0.1) is 25.0 Å². The third-order valence-electron chi connectivity index (χ3n) is 4.73. The van der Waals surface area contributed by atoms with Crippen molar-refractivity contribution in [1.82, 2.24) is 16.0 Å². The number of hydrogen-bond donors (Lipinski definition) is 8. The van der Waals surface area contributed by atoms with E-state index in [-0.39, 0.29) is 6.42 Å². The molecule has 0 aliphatic heterocycles. The fraction of sp³-hybridized carbons (Fsp3) is 0.429. The minimum Gasteiger partial charge on any atom is -0.481 e. The van der Waals surface area contributed by atoms with E-state index in [1.165, 1.54) is 0 Å². The lowest BCUT2D eigenvalue weighted by Crippen LogP contribution is -2.60. The van der Waals surface area contributed by atoms with Crippen molar-refractivity contribution in [2.75, 3.05) is 0 Å². The Morgan fingerprint density at radius 2 is 1.43 bits per heavy atom. The molecule has 192 valence electrons. The van der Waals surface area contributed by atoms with Crippen LogP contribution in [-0.4, -0.2) is 81.2 Å². The number of hydrogen-bond acceptors (Lipinski definition) is 8. The van der Waals surface area contributed by atoms with Gasteiger partial charge in [0.1, 0.15) is 18.1 Å². The van der Waals surface area contributed by atoms with Gasteiger partial charge in [0.15, 0.2) is 0 Å². The van der Waals surface area contributed by atoms with Gasteiger partial charge in [-0.15, -0.1) is 0 Å². The van der Waals surface area contributed by atoms with E-state index in [4.69, 9.17) is 21.7 Å². The molecule has 0 aromatic heterocycles. The number of aliphatic carboxylic acids is 2. The summed E-state index contributed by atoms with van der Waals surface area (Å²) in [6, 6.07) is 2.23. The van der Waals surface area contributed by atoms with Crippen LogP contribution in [0.3, 0.4) is 0 Å². The lowest BCUT2D eigenvalue weighted by Gasteiger charge is -2.26. The zero-order valence-corrected chi connectivity index (χ0v) is 18.8. The van der Waals surface area contributed by atoms with Crippen LogP contribution in [0.15, 0.2) is 30.3 Å². The Bertz CT molecular complexity index is 938. The first-order valence-electron chi connectivity index (χ1n) is 10.4. The summed E-state index contributed by atoms with van der Waals surface area (Å²) in [7, 11) is 0. The molecule has 1 aromatic carbocycles. The molecule has 10 N–H and O–H groups in total. The topological polar surface area (TPSA) is 251 Å². The molecule has 5 unspecified atom stereocenters. The fourth-order valence-corrected chi connectivity index (χ4v) is 2.94. The summed E-state index contributed by atoms with van der Waals surface area (Å²) in [5, 5.41) is 34.6. The monoisotopic (exact) mass is 495 g/mol. The van der Waals surface area contributed by atoms with E-state index < -0.39 is 78.7 Å². The molecule has 0 saturated heterocycles. The Labute approximate surface area is 200 Å². The van der Waals surface area contributed by atoms with Crippen molar-refractivity contribution in [3.8, 4) is 0 Å². The van der Waals surface area contributed by atoms with Crippen molar-refractivity contribution in [3.05, 3.63) is 35.9 Å². The van der Waals surface area contributed by atoms with Crippen molar-refractivity contribution in [1.29, 1.82) is 0 Å². The van der Waals surface area contributed by atoms with Crippen LogP contribution in [0, 0.1) is 0 Å². The van der Waals surface area contributed by atoms with Gasteiger partial charge in [-0.05, 0) is 12.5 Å². The summed E-state index contributed by atoms with van der Waals surface area (Å²) < 4.78 is 0. The van der Waals surface area contributed by atoms with E-state index in [0.717, 1.165) is 6.92 Å². The molecule has 5 atom stereocenters. The summed E-state index contributed by atoms with van der Waals surface area (Å²) >= 11 is 0. The van der Waals surface area contributed by atoms with Gasteiger partial charge in [-0.25, -0.2) is 4.79 Å². The predicted molar refractivity (Wildman–Crippen MR) is 119 cm³/mol. The molecule has 0 spiro atoms. The number of nitrogens with two attached hydrogens (primary N) is 2. The first-order chi connectivity index (χ1) is 16.3. The van der Waals surface area contributed by atoms with Gasteiger partial charge in [-0.3, -0.25) is 24.0 Å². The van der Waals surface area contributed by atoms with E-state index in [2.05, 4.69) is 10.6 Å². The number of carbonyl (C=O) groups excluding carboxylic acids is 4. The van der Waals surface area contributed by atoms with Gasteiger partial charge in [0.25, 0.3) is 0 Å².